The van der Waals surface area contributed by atoms with E-state index in [9.17, 15) is 0 Å². The summed E-state index contributed by atoms with van der Waals surface area (Å²) in [6, 6.07) is 75.7. The van der Waals surface area contributed by atoms with Gasteiger partial charge in [0.25, 0.3) is 0 Å². The Kier molecular flexibility index (Phi) is 8.72. The number of allylic oxidation sites excluding steroid dienone is 1. The maximum absolute atomic E-state index is 5.20. The van der Waals surface area contributed by atoms with Crippen LogP contribution in [0.4, 0.5) is 0 Å². The smallest absolute Gasteiger partial charge is 0.145 e. The zero-order valence-corrected chi connectivity index (χ0v) is 41.6. The predicted octanol–water partition coefficient (Wildman–Crippen LogP) is 15.8. The van der Waals surface area contributed by atoms with Gasteiger partial charge >= 0.3 is 0 Å². The highest BCUT2D eigenvalue weighted by molar-refractivity contribution is 6.10. The molecule has 0 fully saturated rings. The first-order valence-corrected chi connectivity index (χ1v) is 26.4. The van der Waals surface area contributed by atoms with Gasteiger partial charge in [0, 0.05) is 62.5 Å². The topological polar surface area (TPSA) is 71.3 Å². The molecule has 0 saturated carbocycles. The summed E-state index contributed by atoms with van der Waals surface area (Å²) < 4.78 is 9.50. The lowest BCUT2D eigenvalue weighted by molar-refractivity contribution is 0.763. The van der Waals surface area contributed by atoms with E-state index < -0.39 is 5.41 Å². The Hall–Kier alpha value is -10.2. The largest absolute Gasteiger partial charge is 0.294 e. The van der Waals surface area contributed by atoms with Crippen molar-refractivity contribution in [3.8, 4) is 33.9 Å². The third-order valence-corrected chi connectivity index (χ3v) is 16.7. The molecule has 0 spiro atoms. The van der Waals surface area contributed by atoms with Crippen molar-refractivity contribution in [2.45, 2.75) is 18.3 Å². The fourth-order valence-electron chi connectivity index (χ4n) is 13.7. The standard InChI is InChI=1S/C69H44N8/c1-7-27-59-49(17-1)50-18-2-8-28-60(50)69(59,43-37-45(74-61-29-9-3-19-51(61)55-23-13-33-70-65(55)74)41-46(38-43)75-62-30-10-4-20-52(62)56-24-14-34-71-66(56)75)44-39-47(76-63-31-11-5-21-53(63)57-25-15-35-72-67(57)76)42-48(40-44)77-64-32-12-6-22-54(64)58-26-16-36-73-68(58)77/h1-5,7-21,23-42H,6,22H2. The van der Waals surface area contributed by atoms with Crippen molar-refractivity contribution < 1.29 is 0 Å². The van der Waals surface area contributed by atoms with Crippen LogP contribution >= 0.6 is 0 Å². The molecule has 0 unspecified atom stereocenters. The first kappa shape index (κ1) is 42.2. The molecule has 0 radical (unpaired) electrons. The number of hydrogen-bond acceptors (Lipinski definition) is 4. The Balaban J connectivity index is 1.07. The lowest BCUT2D eigenvalue weighted by Crippen LogP contribution is -2.29. The highest BCUT2D eigenvalue weighted by atomic mass is 15.1. The van der Waals surface area contributed by atoms with Crippen molar-refractivity contribution in [1.82, 2.24) is 38.2 Å². The van der Waals surface area contributed by atoms with E-state index in [1.807, 2.05) is 43.0 Å². The number of hydrogen-bond donors (Lipinski definition) is 0. The molecule has 7 aromatic carbocycles. The van der Waals surface area contributed by atoms with Crippen molar-refractivity contribution in [3.63, 3.8) is 0 Å². The molecule has 77 heavy (non-hydrogen) atoms. The van der Waals surface area contributed by atoms with E-state index in [2.05, 4.69) is 218 Å². The number of fused-ring (bicyclic) bond motifs is 15. The molecule has 360 valence electrons. The number of pyridine rings is 4. The molecule has 0 atom stereocenters. The van der Waals surface area contributed by atoms with Gasteiger partial charge in [-0.05, 0) is 161 Å². The van der Waals surface area contributed by atoms with Crippen LogP contribution in [-0.4, -0.2) is 38.2 Å². The van der Waals surface area contributed by atoms with Crippen molar-refractivity contribution in [2.24, 2.45) is 0 Å². The quantitative estimate of drug-likeness (QED) is 0.166. The highest BCUT2D eigenvalue weighted by Gasteiger charge is 2.47. The van der Waals surface area contributed by atoms with Crippen LogP contribution in [0.15, 0.2) is 237 Å². The van der Waals surface area contributed by atoms with Crippen LogP contribution in [-0.2, 0) is 11.8 Å². The average Bonchev–Trinajstić information content (AvgIpc) is 4.45. The molecule has 8 heterocycles. The van der Waals surface area contributed by atoms with E-state index in [0.717, 1.165) is 124 Å². The third-order valence-electron chi connectivity index (χ3n) is 16.7. The summed E-state index contributed by atoms with van der Waals surface area (Å²) in [5, 5.41) is 7.93. The molecule has 0 bridgehead atoms. The summed E-state index contributed by atoms with van der Waals surface area (Å²) in [5.41, 5.74) is 19.5. The van der Waals surface area contributed by atoms with Crippen LogP contribution in [0.3, 0.4) is 0 Å². The summed E-state index contributed by atoms with van der Waals surface area (Å²) in [6.45, 7) is 0. The van der Waals surface area contributed by atoms with Crippen molar-refractivity contribution in [1.29, 1.82) is 0 Å². The molecule has 8 aromatic heterocycles. The van der Waals surface area contributed by atoms with Gasteiger partial charge in [0.1, 0.15) is 22.6 Å². The first-order valence-electron chi connectivity index (χ1n) is 26.4. The Morgan fingerprint density at radius 3 is 1.16 bits per heavy atom. The van der Waals surface area contributed by atoms with E-state index in [1.54, 1.807) is 0 Å². The van der Waals surface area contributed by atoms with Gasteiger partial charge < -0.3 is 0 Å². The summed E-state index contributed by atoms with van der Waals surface area (Å²) in [7, 11) is 0. The molecule has 0 amide bonds. The van der Waals surface area contributed by atoms with Gasteiger partial charge in [-0.15, -0.1) is 0 Å². The molecule has 8 nitrogen and oxygen atoms in total. The second-order valence-electron chi connectivity index (χ2n) is 20.5. The maximum Gasteiger partial charge on any atom is 0.145 e. The second kappa shape index (κ2) is 15.9. The van der Waals surface area contributed by atoms with Gasteiger partial charge in [-0.2, -0.15) is 0 Å². The molecule has 2 aliphatic carbocycles. The van der Waals surface area contributed by atoms with E-state index in [4.69, 9.17) is 19.9 Å². The van der Waals surface area contributed by atoms with Gasteiger partial charge in [-0.25, -0.2) is 19.9 Å². The lowest BCUT2D eigenvalue weighted by Gasteiger charge is -2.35. The monoisotopic (exact) mass is 984 g/mol. The number of aryl methyl sites for hydroxylation is 1. The summed E-state index contributed by atoms with van der Waals surface area (Å²) in [6.07, 6.45) is 14.2. The normalized spacial score (nSPS) is 13.7. The minimum Gasteiger partial charge on any atom is -0.294 e. The van der Waals surface area contributed by atoms with E-state index >= 15 is 0 Å². The van der Waals surface area contributed by atoms with Crippen LogP contribution in [0.2, 0.25) is 0 Å². The molecule has 0 aliphatic heterocycles. The lowest BCUT2D eigenvalue weighted by atomic mass is 9.67. The van der Waals surface area contributed by atoms with Crippen LogP contribution in [0.25, 0.3) is 117 Å². The van der Waals surface area contributed by atoms with Crippen molar-refractivity contribution in [3.05, 3.63) is 271 Å². The van der Waals surface area contributed by atoms with Gasteiger partial charge in [-0.1, -0.05) is 109 Å². The van der Waals surface area contributed by atoms with Crippen LogP contribution < -0.4 is 0 Å². The molecule has 2 aliphatic rings. The minimum absolute atomic E-state index is 0.895. The van der Waals surface area contributed by atoms with Gasteiger partial charge in [0.15, 0.2) is 0 Å². The van der Waals surface area contributed by atoms with E-state index in [-0.39, 0.29) is 0 Å². The average molecular weight is 985 g/mol. The molecule has 15 aromatic rings. The highest BCUT2D eigenvalue weighted by Crippen LogP contribution is 2.58. The Morgan fingerprint density at radius 2 is 0.701 bits per heavy atom. The number of aromatic nitrogens is 8. The fourth-order valence-corrected chi connectivity index (χ4v) is 13.7. The van der Waals surface area contributed by atoms with E-state index in [0.29, 0.717) is 0 Å². The summed E-state index contributed by atoms with van der Waals surface area (Å²) in [4.78, 5) is 20.7. The molecule has 8 heteroatoms. The molecule has 17 rings (SSSR count). The summed E-state index contributed by atoms with van der Waals surface area (Å²) in [5.74, 6) is 0. The van der Waals surface area contributed by atoms with Crippen LogP contribution in [0.1, 0.15) is 39.9 Å². The van der Waals surface area contributed by atoms with Gasteiger partial charge in [0.05, 0.1) is 50.4 Å². The first-order chi connectivity index (χ1) is 38.2. The number of nitrogens with zero attached hydrogens (tertiary/aromatic N) is 8. The van der Waals surface area contributed by atoms with Gasteiger partial charge in [-0.3, -0.25) is 18.3 Å². The molecule has 0 saturated heterocycles. The van der Waals surface area contributed by atoms with E-state index in [1.165, 1.54) is 33.2 Å². The van der Waals surface area contributed by atoms with Crippen molar-refractivity contribution >= 4 is 82.9 Å². The minimum atomic E-state index is -0.903. The third kappa shape index (κ3) is 5.76. The fraction of sp³-hybridized carbons (Fsp3) is 0.0435. The van der Waals surface area contributed by atoms with Crippen molar-refractivity contribution in [2.75, 3.05) is 0 Å². The second-order valence-corrected chi connectivity index (χ2v) is 20.5. The maximum atomic E-state index is 5.20. The van der Waals surface area contributed by atoms with Crippen LogP contribution in [0, 0.1) is 0 Å². The zero-order valence-electron chi connectivity index (χ0n) is 41.6. The van der Waals surface area contributed by atoms with Crippen LogP contribution in [0.5, 0.6) is 0 Å². The predicted molar refractivity (Wildman–Crippen MR) is 312 cm³/mol. The number of benzene rings is 7. The molecular weight excluding hydrogens is 941 g/mol. The number of rotatable bonds is 6. The Bertz CT molecular complexity index is 4690. The molecular formula is C69H44N8. The summed E-state index contributed by atoms with van der Waals surface area (Å²) >= 11 is 0. The zero-order chi connectivity index (χ0) is 50.3. The molecule has 0 N–H and O–H groups in total. The van der Waals surface area contributed by atoms with Gasteiger partial charge in [0.2, 0.25) is 0 Å². The Morgan fingerprint density at radius 1 is 0.338 bits per heavy atom. The SMILES string of the molecule is C1=Cc2c(c3cccnc3n2-c2cc(-n3c4ccccc4c4cccnc43)cc(C3(c4cc(-n5c6ccccc6c6cccnc65)cc(-n5c6ccccc6c6cccnc65)c4)c4ccccc4-c4ccccc43)c2)CC1. The Labute approximate surface area is 441 Å². The number of para-hydroxylation sites is 3.